The fraction of sp³-hybridized carbons (Fsp3) is 0.0800. The van der Waals surface area contributed by atoms with E-state index in [0.717, 1.165) is 17.4 Å². The Labute approximate surface area is 188 Å². The third-order valence-electron chi connectivity index (χ3n) is 5.03. The molecule has 2 aliphatic rings. The third kappa shape index (κ3) is 4.23. The van der Waals surface area contributed by atoms with Crippen molar-refractivity contribution >= 4 is 0 Å². The molecule has 0 fully saturated rings. The van der Waals surface area contributed by atoms with Gasteiger partial charge in [0.25, 0.3) is 0 Å². The van der Waals surface area contributed by atoms with E-state index in [1.54, 1.807) is 18.3 Å². The monoisotopic (exact) mass is 444 g/mol. The number of nitrogens with zero attached hydrogens (tertiary/aromatic N) is 4. The summed E-state index contributed by atoms with van der Waals surface area (Å²) in [5.74, 6) is -0.356. The van der Waals surface area contributed by atoms with Crippen molar-refractivity contribution in [1.29, 1.82) is 0 Å². The van der Waals surface area contributed by atoms with Crippen LogP contribution in [-0.4, -0.2) is 26.3 Å². The molecule has 2 aromatic carbocycles. The van der Waals surface area contributed by atoms with Gasteiger partial charge in [0, 0.05) is 24.0 Å². The van der Waals surface area contributed by atoms with Gasteiger partial charge in [-0.05, 0) is 42.5 Å². The second-order valence-corrected chi connectivity index (χ2v) is 7.34. The van der Waals surface area contributed by atoms with Gasteiger partial charge in [0.2, 0.25) is 0 Å². The maximum atomic E-state index is 14.1. The summed E-state index contributed by atoms with van der Waals surface area (Å²) in [6, 6.07) is 15.1. The molecule has 3 heterocycles. The topological polar surface area (TPSA) is 66.0 Å². The average Bonchev–Trinajstić information content (AvgIpc) is 3.47. The fourth-order valence-corrected chi connectivity index (χ4v) is 3.43. The molecule has 0 aliphatic carbocycles. The number of pyridine rings is 1. The second kappa shape index (κ2) is 8.66. The minimum atomic E-state index is -0.963. The van der Waals surface area contributed by atoms with Gasteiger partial charge >= 0.3 is 0 Å². The van der Waals surface area contributed by atoms with Crippen molar-refractivity contribution in [3.8, 4) is 39.8 Å². The lowest BCUT2D eigenvalue weighted by Crippen LogP contribution is -1.99. The van der Waals surface area contributed by atoms with E-state index in [2.05, 4.69) is 21.7 Å². The molecule has 8 heteroatoms. The van der Waals surface area contributed by atoms with Crippen LogP contribution < -0.4 is 4.74 Å². The van der Waals surface area contributed by atoms with Gasteiger partial charge in [-0.15, -0.1) is 0 Å². The van der Waals surface area contributed by atoms with Gasteiger partial charge in [0.1, 0.15) is 23.7 Å². The molecule has 33 heavy (non-hydrogen) atoms. The number of aromatic nitrogens is 4. The minimum Gasteiger partial charge on any atom is -0.490 e. The Morgan fingerprint density at radius 3 is 2.64 bits per heavy atom. The van der Waals surface area contributed by atoms with E-state index in [4.69, 9.17) is 9.26 Å². The van der Waals surface area contributed by atoms with Crippen molar-refractivity contribution in [2.75, 3.05) is 6.61 Å². The van der Waals surface area contributed by atoms with Crippen LogP contribution >= 0.6 is 0 Å². The molecule has 164 valence electrons. The van der Waals surface area contributed by atoms with Crippen molar-refractivity contribution in [3.63, 3.8) is 0 Å². The van der Waals surface area contributed by atoms with E-state index < -0.39 is 11.6 Å². The first-order chi connectivity index (χ1) is 16.1. The predicted octanol–water partition coefficient (Wildman–Crippen LogP) is 5.60. The van der Waals surface area contributed by atoms with E-state index in [9.17, 15) is 8.78 Å². The first-order valence-corrected chi connectivity index (χ1v) is 10.2. The summed E-state index contributed by atoms with van der Waals surface area (Å²) in [7, 11) is 0. The van der Waals surface area contributed by atoms with E-state index in [1.807, 2.05) is 41.1 Å². The first kappa shape index (κ1) is 20.6. The lowest BCUT2D eigenvalue weighted by Gasteiger charge is -2.05. The molecule has 2 aliphatic heterocycles. The van der Waals surface area contributed by atoms with E-state index >= 15 is 0 Å². The molecule has 0 bridgehead atoms. The Bertz CT molecular complexity index is 1390. The molecule has 3 aromatic rings. The highest BCUT2D eigenvalue weighted by Gasteiger charge is 2.18. The second-order valence-electron chi connectivity index (χ2n) is 7.34. The normalized spacial score (nSPS) is 11.1. The summed E-state index contributed by atoms with van der Waals surface area (Å²) >= 11 is 0. The number of halogens is 2. The number of fused-ring (bicyclic) bond motifs is 1. The number of benzene rings is 2. The smallest absolute Gasteiger partial charge is 0.169 e. The SMILES string of the molecule is C=CCOc1ccc(-c2cc(Cn3ccc4nc(-c5cccc(F)c5F)nc-4c3)on2)cc1. The lowest BCUT2D eigenvalue weighted by atomic mass is 10.1. The van der Waals surface area contributed by atoms with Gasteiger partial charge in [0.15, 0.2) is 23.2 Å². The van der Waals surface area contributed by atoms with Gasteiger partial charge in [-0.2, -0.15) is 0 Å². The van der Waals surface area contributed by atoms with Crippen LogP contribution in [0.4, 0.5) is 8.78 Å². The summed E-state index contributed by atoms with van der Waals surface area (Å²) in [6.07, 6.45) is 5.28. The molecule has 0 N–H and O–H groups in total. The largest absolute Gasteiger partial charge is 0.490 e. The van der Waals surface area contributed by atoms with Crippen LogP contribution in [0.25, 0.3) is 34.0 Å². The first-order valence-electron chi connectivity index (χ1n) is 10.2. The van der Waals surface area contributed by atoms with Gasteiger partial charge in [-0.25, -0.2) is 18.7 Å². The molecule has 0 atom stereocenters. The maximum absolute atomic E-state index is 14.1. The standard InChI is InChI=1S/C25H18F2N4O2/c1-2-12-32-17-8-6-16(7-9-17)22-13-18(33-30-22)14-31-11-10-21-23(15-31)29-25(28-21)19-4-3-5-20(26)24(19)27/h2-11,13,15H,1,12,14H2. The van der Waals surface area contributed by atoms with E-state index in [0.29, 0.717) is 36.0 Å². The molecule has 5 rings (SSSR count). The number of hydrogen-bond donors (Lipinski definition) is 0. The van der Waals surface area contributed by atoms with Gasteiger partial charge in [-0.1, -0.05) is 23.9 Å². The molecule has 0 amide bonds. The number of imidazole rings is 1. The summed E-state index contributed by atoms with van der Waals surface area (Å²) in [6.45, 7) is 4.49. The summed E-state index contributed by atoms with van der Waals surface area (Å²) in [5, 5.41) is 4.15. The number of ether oxygens (including phenoxy) is 1. The summed E-state index contributed by atoms with van der Waals surface area (Å²) < 4.78 is 40.5. The Hall–Kier alpha value is -4.33. The zero-order valence-electron chi connectivity index (χ0n) is 17.4. The molecule has 0 saturated carbocycles. The highest BCUT2D eigenvalue weighted by molar-refractivity contribution is 5.66. The molecule has 1 aromatic heterocycles. The molecular formula is C25H18F2N4O2. The predicted molar refractivity (Wildman–Crippen MR) is 119 cm³/mol. The Morgan fingerprint density at radius 1 is 1.00 bits per heavy atom. The van der Waals surface area contributed by atoms with Crippen LogP contribution in [0.3, 0.4) is 0 Å². The zero-order chi connectivity index (χ0) is 22.8. The fourth-order valence-electron chi connectivity index (χ4n) is 3.43. The van der Waals surface area contributed by atoms with Crippen LogP contribution in [0.5, 0.6) is 5.75 Å². The minimum absolute atomic E-state index is 0.0264. The van der Waals surface area contributed by atoms with Crippen LogP contribution in [0.2, 0.25) is 0 Å². The molecular weight excluding hydrogens is 426 g/mol. The molecule has 0 unspecified atom stereocenters. The molecule has 0 saturated heterocycles. The van der Waals surface area contributed by atoms with Gasteiger partial charge in [0.05, 0.1) is 17.8 Å². The van der Waals surface area contributed by atoms with Crippen molar-refractivity contribution in [2.45, 2.75) is 6.54 Å². The Morgan fingerprint density at radius 2 is 1.82 bits per heavy atom. The van der Waals surface area contributed by atoms with Crippen molar-refractivity contribution in [1.82, 2.24) is 19.7 Å². The third-order valence-corrected chi connectivity index (χ3v) is 5.03. The quantitative estimate of drug-likeness (QED) is 0.306. The van der Waals surface area contributed by atoms with Crippen LogP contribution in [0, 0.1) is 11.6 Å². The zero-order valence-corrected chi connectivity index (χ0v) is 17.4. The van der Waals surface area contributed by atoms with Gasteiger partial charge < -0.3 is 13.8 Å². The summed E-state index contributed by atoms with van der Waals surface area (Å²) in [4.78, 5) is 8.69. The number of hydrogen-bond acceptors (Lipinski definition) is 5. The highest BCUT2D eigenvalue weighted by atomic mass is 19.2. The lowest BCUT2D eigenvalue weighted by molar-refractivity contribution is 0.363. The molecule has 6 nitrogen and oxygen atoms in total. The summed E-state index contributed by atoms with van der Waals surface area (Å²) in [5.41, 5.74) is 2.78. The number of rotatable bonds is 7. The Kier molecular flexibility index (Phi) is 5.40. The molecule has 0 spiro atoms. The van der Waals surface area contributed by atoms with Crippen LogP contribution in [0.1, 0.15) is 5.76 Å². The van der Waals surface area contributed by atoms with Crippen molar-refractivity contribution < 1.29 is 18.0 Å². The van der Waals surface area contributed by atoms with Gasteiger partial charge in [-0.3, -0.25) is 0 Å². The van der Waals surface area contributed by atoms with Crippen molar-refractivity contribution in [3.05, 3.63) is 97.0 Å². The highest BCUT2D eigenvalue weighted by Crippen LogP contribution is 2.28. The maximum Gasteiger partial charge on any atom is 0.169 e. The van der Waals surface area contributed by atoms with Crippen LogP contribution in [0.15, 0.2) is 84.2 Å². The Balaban J connectivity index is 1.35. The van der Waals surface area contributed by atoms with Crippen LogP contribution in [-0.2, 0) is 6.54 Å². The van der Waals surface area contributed by atoms with Crippen molar-refractivity contribution in [2.24, 2.45) is 0 Å². The van der Waals surface area contributed by atoms with E-state index in [1.165, 1.54) is 12.1 Å². The van der Waals surface area contributed by atoms with E-state index in [-0.39, 0.29) is 11.4 Å². The average molecular weight is 444 g/mol. The molecule has 0 radical (unpaired) electrons.